The first kappa shape index (κ1) is 14.9. The van der Waals surface area contributed by atoms with E-state index in [-0.39, 0.29) is 5.91 Å². The second-order valence-electron chi connectivity index (χ2n) is 4.80. The van der Waals surface area contributed by atoms with Gasteiger partial charge in [0.15, 0.2) is 6.10 Å². The number of ether oxygens (including phenoxy) is 1. The molecule has 0 fully saturated rings. The third kappa shape index (κ3) is 2.29. The molecular formula is C14H17BrN2O3. The number of amides is 1. The van der Waals surface area contributed by atoms with E-state index in [1.54, 1.807) is 27.4 Å². The van der Waals surface area contributed by atoms with Crippen molar-refractivity contribution in [2.24, 2.45) is 7.05 Å². The molecule has 20 heavy (non-hydrogen) atoms. The smallest absolute Gasteiger partial charge is 0.255 e. The number of carbonyl (C=O) groups is 1. The zero-order valence-electron chi connectivity index (χ0n) is 11.8. The summed E-state index contributed by atoms with van der Waals surface area (Å²) in [6.45, 7) is 0. The topological polar surface area (TPSA) is 54.7 Å². The molecule has 0 radical (unpaired) electrons. The van der Waals surface area contributed by atoms with Crippen LogP contribution in [0.2, 0.25) is 0 Å². The van der Waals surface area contributed by atoms with Gasteiger partial charge in [-0.2, -0.15) is 0 Å². The summed E-state index contributed by atoms with van der Waals surface area (Å²) in [7, 11) is 6.66. The maximum absolute atomic E-state index is 12.0. The van der Waals surface area contributed by atoms with E-state index in [2.05, 4.69) is 15.9 Å². The SMILES string of the molecule is COc1ccc(Br)c2c1c(C(O)C(=O)N(C)C)cn2C. The van der Waals surface area contributed by atoms with Crippen molar-refractivity contribution in [1.82, 2.24) is 9.47 Å². The van der Waals surface area contributed by atoms with E-state index in [0.717, 1.165) is 15.4 Å². The highest BCUT2D eigenvalue weighted by atomic mass is 79.9. The highest BCUT2D eigenvalue weighted by Gasteiger charge is 2.25. The summed E-state index contributed by atoms with van der Waals surface area (Å²) in [5.74, 6) is 0.268. The number of halogens is 1. The summed E-state index contributed by atoms with van der Waals surface area (Å²) in [6.07, 6.45) is 0.543. The molecule has 0 saturated heterocycles. The summed E-state index contributed by atoms with van der Waals surface area (Å²) < 4.78 is 8.10. The highest BCUT2D eigenvalue weighted by Crippen LogP contribution is 2.38. The Hall–Kier alpha value is -1.53. The fourth-order valence-corrected chi connectivity index (χ4v) is 2.87. The van der Waals surface area contributed by atoms with Crippen molar-refractivity contribution in [3.63, 3.8) is 0 Å². The molecule has 1 aromatic carbocycles. The number of nitrogens with zero attached hydrogens (tertiary/aromatic N) is 2. The lowest BCUT2D eigenvalue weighted by atomic mass is 10.1. The average molecular weight is 341 g/mol. The lowest BCUT2D eigenvalue weighted by Crippen LogP contribution is -2.28. The minimum absolute atomic E-state index is 0.362. The van der Waals surface area contributed by atoms with Crippen LogP contribution in [0, 0.1) is 0 Å². The van der Waals surface area contributed by atoms with Crippen molar-refractivity contribution in [1.29, 1.82) is 0 Å². The first-order valence-corrected chi connectivity index (χ1v) is 6.88. The maximum Gasteiger partial charge on any atom is 0.255 e. The number of methoxy groups -OCH3 is 1. The van der Waals surface area contributed by atoms with Gasteiger partial charge < -0.3 is 19.3 Å². The molecule has 2 rings (SSSR count). The van der Waals surface area contributed by atoms with Gasteiger partial charge in [0.2, 0.25) is 0 Å². The number of rotatable bonds is 3. The van der Waals surface area contributed by atoms with Gasteiger partial charge in [-0.1, -0.05) is 0 Å². The molecule has 0 spiro atoms. The molecule has 1 unspecified atom stereocenters. The lowest BCUT2D eigenvalue weighted by molar-refractivity contribution is -0.137. The van der Waals surface area contributed by atoms with Crippen LogP contribution in [0.4, 0.5) is 0 Å². The number of fused-ring (bicyclic) bond motifs is 1. The first-order chi connectivity index (χ1) is 9.38. The number of aliphatic hydroxyl groups excluding tert-OH is 1. The third-order valence-corrected chi connectivity index (χ3v) is 3.89. The summed E-state index contributed by atoms with van der Waals surface area (Å²) in [5.41, 5.74) is 1.42. The van der Waals surface area contributed by atoms with Crippen molar-refractivity contribution in [3.8, 4) is 5.75 Å². The van der Waals surface area contributed by atoms with E-state index in [4.69, 9.17) is 4.74 Å². The largest absolute Gasteiger partial charge is 0.496 e. The number of hydrogen-bond acceptors (Lipinski definition) is 3. The Kier molecular flexibility index (Phi) is 4.06. The minimum Gasteiger partial charge on any atom is -0.496 e. The van der Waals surface area contributed by atoms with E-state index in [1.807, 2.05) is 23.7 Å². The van der Waals surface area contributed by atoms with Crippen molar-refractivity contribution >= 4 is 32.7 Å². The van der Waals surface area contributed by atoms with Gasteiger partial charge in [-0.05, 0) is 28.1 Å². The van der Waals surface area contributed by atoms with E-state index in [0.29, 0.717) is 11.3 Å². The Morgan fingerprint density at radius 3 is 2.65 bits per heavy atom. The molecule has 1 aromatic heterocycles. The van der Waals surface area contributed by atoms with Gasteiger partial charge in [-0.25, -0.2) is 0 Å². The molecule has 0 aliphatic heterocycles. The highest BCUT2D eigenvalue weighted by molar-refractivity contribution is 9.10. The predicted molar refractivity (Wildman–Crippen MR) is 80.8 cm³/mol. The van der Waals surface area contributed by atoms with Crippen LogP contribution in [0.25, 0.3) is 10.9 Å². The fraction of sp³-hybridized carbons (Fsp3) is 0.357. The fourth-order valence-electron chi connectivity index (χ4n) is 2.26. The van der Waals surface area contributed by atoms with Crippen molar-refractivity contribution in [2.45, 2.75) is 6.10 Å². The van der Waals surface area contributed by atoms with Crippen LogP contribution in [0.1, 0.15) is 11.7 Å². The number of aromatic nitrogens is 1. The lowest BCUT2D eigenvalue weighted by Gasteiger charge is -2.16. The van der Waals surface area contributed by atoms with Gasteiger partial charge in [-0.3, -0.25) is 4.79 Å². The van der Waals surface area contributed by atoms with Crippen LogP contribution in [-0.2, 0) is 11.8 Å². The molecule has 2 aromatic rings. The van der Waals surface area contributed by atoms with Crippen LogP contribution in [0.3, 0.4) is 0 Å². The van der Waals surface area contributed by atoms with Gasteiger partial charge in [0.1, 0.15) is 5.75 Å². The molecule has 0 aliphatic carbocycles. The average Bonchev–Trinajstić information content (AvgIpc) is 2.76. The number of carbonyl (C=O) groups excluding carboxylic acids is 1. The second-order valence-corrected chi connectivity index (χ2v) is 5.66. The molecule has 1 atom stereocenters. The summed E-state index contributed by atoms with van der Waals surface area (Å²) in [4.78, 5) is 13.4. The molecule has 1 heterocycles. The minimum atomic E-state index is -1.21. The van der Waals surface area contributed by atoms with E-state index in [9.17, 15) is 9.90 Å². The van der Waals surface area contributed by atoms with Crippen LogP contribution in [0.5, 0.6) is 5.75 Å². The van der Waals surface area contributed by atoms with Crippen LogP contribution >= 0.6 is 15.9 Å². The Morgan fingerprint density at radius 1 is 1.45 bits per heavy atom. The summed E-state index contributed by atoms with van der Waals surface area (Å²) in [6, 6.07) is 3.69. The Balaban J connectivity index is 2.71. The Labute approximate surface area is 125 Å². The zero-order valence-corrected chi connectivity index (χ0v) is 13.4. The standard InChI is InChI=1S/C14H17BrN2O3/c1-16(2)14(19)13(18)8-7-17(3)12-9(15)5-6-10(20-4)11(8)12/h5-7,13,18H,1-4H3. The molecule has 6 heteroatoms. The molecule has 0 aliphatic rings. The number of benzene rings is 1. The number of hydrogen-bond donors (Lipinski definition) is 1. The monoisotopic (exact) mass is 340 g/mol. The molecule has 0 bridgehead atoms. The molecule has 1 amide bonds. The molecular weight excluding hydrogens is 324 g/mol. The van der Waals surface area contributed by atoms with Crippen molar-refractivity contribution in [2.75, 3.05) is 21.2 Å². The Bertz CT molecular complexity index is 664. The van der Waals surface area contributed by atoms with E-state index >= 15 is 0 Å². The van der Waals surface area contributed by atoms with E-state index in [1.165, 1.54) is 4.90 Å². The van der Waals surface area contributed by atoms with Gasteiger partial charge >= 0.3 is 0 Å². The maximum atomic E-state index is 12.0. The summed E-state index contributed by atoms with van der Waals surface area (Å²) >= 11 is 3.49. The Morgan fingerprint density at radius 2 is 2.10 bits per heavy atom. The number of aliphatic hydroxyl groups is 1. The van der Waals surface area contributed by atoms with Crippen LogP contribution in [-0.4, -0.2) is 41.7 Å². The third-order valence-electron chi connectivity index (χ3n) is 3.25. The molecule has 108 valence electrons. The first-order valence-electron chi connectivity index (χ1n) is 6.09. The van der Waals surface area contributed by atoms with Crippen molar-refractivity contribution < 1.29 is 14.6 Å². The second kappa shape index (κ2) is 5.46. The zero-order chi connectivity index (χ0) is 15.0. The van der Waals surface area contributed by atoms with Gasteiger partial charge in [-0.15, -0.1) is 0 Å². The predicted octanol–water partition coefficient (Wildman–Crippen LogP) is 2.07. The molecule has 0 saturated carbocycles. The van der Waals surface area contributed by atoms with Crippen LogP contribution < -0.4 is 4.74 Å². The van der Waals surface area contributed by atoms with Crippen molar-refractivity contribution in [3.05, 3.63) is 28.4 Å². The summed E-state index contributed by atoms with van der Waals surface area (Å²) in [5, 5.41) is 11.0. The van der Waals surface area contributed by atoms with E-state index < -0.39 is 6.10 Å². The number of aryl methyl sites for hydroxylation is 1. The quantitative estimate of drug-likeness (QED) is 0.930. The van der Waals surface area contributed by atoms with Crippen LogP contribution in [0.15, 0.2) is 22.8 Å². The number of likely N-dealkylation sites (N-methyl/N-ethyl adjacent to an activating group) is 1. The van der Waals surface area contributed by atoms with Gasteiger partial charge in [0, 0.05) is 42.8 Å². The molecule has 5 nitrogen and oxygen atoms in total. The van der Waals surface area contributed by atoms with Gasteiger partial charge in [0.05, 0.1) is 12.6 Å². The molecule has 1 N–H and O–H groups in total. The normalized spacial score (nSPS) is 12.5. The van der Waals surface area contributed by atoms with Gasteiger partial charge in [0.25, 0.3) is 5.91 Å².